The summed E-state index contributed by atoms with van der Waals surface area (Å²) in [5.41, 5.74) is 1.12. The monoisotopic (exact) mass is 440 g/mol. The molecular weight excluding hydrogens is 427 g/mol. The lowest BCUT2D eigenvalue weighted by molar-refractivity contribution is 0.0731. The first-order valence-electron chi connectivity index (χ1n) is 8.85. The van der Waals surface area contributed by atoms with Crippen LogP contribution < -0.4 is 14.2 Å². The maximum Gasteiger partial charge on any atom is 0.347 e. The number of para-hydroxylation sites is 1. The highest BCUT2D eigenvalue weighted by atomic mass is 35.5. The van der Waals surface area contributed by atoms with Crippen LogP contribution in [0.1, 0.15) is 26.3 Å². The van der Waals surface area contributed by atoms with Crippen LogP contribution >= 0.6 is 23.2 Å². The van der Waals surface area contributed by atoms with Crippen molar-refractivity contribution in [1.29, 1.82) is 0 Å². The van der Waals surface area contributed by atoms with E-state index in [0.29, 0.717) is 26.9 Å². The number of methoxy groups -OCH3 is 1. The molecule has 0 fully saturated rings. The zero-order valence-electron chi connectivity index (χ0n) is 15.6. The van der Waals surface area contributed by atoms with Gasteiger partial charge in [-0.3, -0.25) is 4.79 Å². The van der Waals surface area contributed by atoms with E-state index in [-0.39, 0.29) is 28.6 Å². The van der Waals surface area contributed by atoms with Gasteiger partial charge in [0.25, 0.3) is 0 Å². The summed E-state index contributed by atoms with van der Waals surface area (Å²) in [5.74, 6) is 0.0818. The van der Waals surface area contributed by atoms with Crippen molar-refractivity contribution in [3.63, 3.8) is 0 Å². The number of carbonyl (C=O) groups excluding carboxylic acids is 2. The highest BCUT2D eigenvalue weighted by molar-refractivity contribution is 6.37. The summed E-state index contributed by atoms with van der Waals surface area (Å²) < 4.78 is 16.3. The highest BCUT2D eigenvalue weighted by Crippen LogP contribution is 2.37. The van der Waals surface area contributed by atoms with Gasteiger partial charge in [-0.2, -0.15) is 0 Å². The molecule has 0 atom stereocenters. The van der Waals surface area contributed by atoms with Crippen molar-refractivity contribution in [3.05, 3.63) is 93.2 Å². The van der Waals surface area contributed by atoms with Crippen molar-refractivity contribution in [2.75, 3.05) is 7.11 Å². The van der Waals surface area contributed by atoms with Crippen molar-refractivity contribution < 1.29 is 23.8 Å². The summed E-state index contributed by atoms with van der Waals surface area (Å²) in [5, 5.41) is 0.794. The molecule has 0 unspecified atom stereocenters. The van der Waals surface area contributed by atoms with Gasteiger partial charge in [0, 0.05) is 21.7 Å². The average Bonchev–Trinajstić information content (AvgIpc) is 3.05. The third-order valence-electron chi connectivity index (χ3n) is 4.45. The Morgan fingerprint density at radius 2 is 1.73 bits per heavy atom. The number of ketones is 1. The second kappa shape index (κ2) is 8.22. The predicted octanol–water partition coefficient (Wildman–Crippen LogP) is 5.84. The molecule has 0 amide bonds. The number of halogens is 2. The van der Waals surface area contributed by atoms with E-state index < -0.39 is 5.97 Å². The van der Waals surface area contributed by atoms with Crippen LogP contribution in [-0.2, 0) is 0 Å². The summed E-state index contributed by atoms with van der Waals surface area (Å²) in [4.78, 5) is 25.1. The molecule has 4 rings (SSSR count). The Bertz CT molecular complexity index is 1180. The summed E-state index contributed by atoms with van der Waals surface area (Å²) in [7, 11) is 1.47. The lowest BCUT2D eigenvalue weighted by Gasteiger charge is -2.08. The fourth-order valence-corrected chi connectivity index (χ4v) is 3.49. The zero-order chi connectivity index (χ0) is 21.3. The number of carbonyl (C=O) groups is 2. The predicted molar refractivity (Wildman–Crippen MR) is 114 cm³/mol. The summed E-state index contributed by atoms with van der Waals surface area (Å²) >= 11 is 12.3. The summed E-state index contributed by atoms with van der Waals surface area (Å²) in [6.45, 7) is 0. The molecule has 0 aromatic heterocycles. The fourth-order valence-electron chi connectivity index (χ4n) is 2.99. The van der Waals surface area contributed by atoms with E-state index in [1.165, 1.54) is 31.4 Å². The molecule has 0 radical (unpaired) electrons. The van der Waals surface area contributed by atoms with Crippen molar-refractivity contribution in [1.82, 2.24) is 0 Å². The first-order valence-corrected chi connectivity index (χ1v) is 9.61. The van der Waals surface area contributed by atoms with Crippen LogP contribution in [-0.4, -0.2) is 18.9 Å². The summed E-state index contributed by atoms with van der Waals surface area (Å²) in [6.07, 6.45) is 1.49. The standard InChI is InChI=1S/C23H14Cl2O5/c1-28-19-8-3-2-5-15(19)23(27)29-13-9-10-14-20(11-13)30-21(22(14)26)12-16-17(24)6-4-7-18(16)25/h2-12H,1H3/b21-12-. The minimum absolute atomic E-state index is 0.0770. The molecule has 30 heavy (non-hydrogen) atoms. The second-order valence-electron chi connectivity index (χ2n) is 6.32. The van der Waals surface area contributed by atoms with Gasteiger partial charge in [-0.15, -0.1) is 0 Å². The lowest BCUT2D eigenvalue weighted by Crippen LogP contribution is -2.10. The minimum Gasteiger partial charge on any atom is -0.496 e. The van der Waals surface area contributed by atoms with Crippen LogP contribution in [0.4, 0.5) is 0 Å². The van der Waals surface area contributed by atoms with E-state index in [1.54, 1.807) is 42.5 Å². The summed E-state index contributed by atoms with van der Waals surface area (Å²) in [6, 6.07) is 16.3. The fraction of sp³-hybridized carbons (Fsp3) is 0.0435. The van der Waals surface area contributed by atoms with Gasteiger partial charge in [0.2, 0.25) is 5.78 Å². The van der Waals surface area contributed by atoms with Crippen molar-refractivity contribution in [2.24, 2.45) is 0 Å². The smallest absolute Gasteiger partial charge is 0.347 e. The first-order chi connectivity index (χ1) is 14.5. The molecule has 0 bridgehead atoms. The quantitative estimate of drug-likeness (QED) is 0.289. The third-order valence-corrected chi connectivity index (χ3v) is 5.11. The highest BCUT2D eigenvalue weighted by Gasteiger charge is 2.28. The Balaban J connectivity index is 1.59. The molecule has 0 spiro atoms. The van der Waals surface area contributed by atoms with Gasteiger partial charge < -0.3 is 14.2 Å². The van der Waals surface area contributed by atoms with Gasteiger partial charge in [-0.1, -0.05) is 41.4 Å². The Hall–Kier alpha value is -3.28. The number of allylic oxidation sites excluding steroid dienone is 1. The molecule has 5 nitrogen and oxygen atoms in total. The van der Waals surface area contributed by atoms with Crippen molar-refractivity contribution >= 4 is 41.0 Å². The van der Waals surface area contributed by atoms with Crippen LogP contribution in [0.3, 0.4) is 0 Å². The molecule has 0 saturated heterocycles. The normalized spacial score (nSPS) is 13.7. The molecule has 0 N–H and O–H groups in total. The van der Waals surface area contributed by atoms with Crippen LogP contribution in [0.15, 0.2) is 66.4 Å². The third kappa shape index (κ3) is 3.77. The molecule has 1 aliphatic heterocycles. The maximum absolute atomic E-state index is 12.7. The second-order valence-corrected chi connectivity index (χ2v) is 7.14. The van der Waals surface area contributed by atoms with Crippen LogP contribution in [0.25, 0.3) is 6.08 Å². The van der Waals surface area contributed by atoms with Crippen LogP contribution in [0.5, 0.6) is 17.2 Å². The molecule has 1 heterocycles. The Labute approximate surface area is 182 Å². The molecular formula is C23H14Cl2O5. The number of benzene rings is 3. The SMILES string of the molecule is COc1ccccc1C(=O)Oc1ccc2c(c1)O/C(=C\c1c(Cl)cccc1Cl)C2=O. The Morgan fingerprint density at radius 1 is 1.00 bits per heavy atom. The molecule has 7 heteroatoms. The number of rotatable bonds is 4. The number of hydrogen-bond donors (Lipinski definition) is 0. The molecule has 3 aromatic rings. The Morgan fingerprint density at radius 3 is 2.47 bits per heavy atom. The van der Waals surface area contributed by atoms with E-state index in [9.17, 15) is 9.59 Å². The van der Waals surface area contributed by atoms with E-state index in [1.807, 2.05) is 0 Å². The minimum atomic E-state index is -0.588. The van der Waals surface area contributed by atoms with E-state index in [4.69, 9.17) is 37.4 Å². The number of esters is 1. The van der Waals surface area contributed by atoms with Gasteiger partial charge in [0.15, 0.2) is 5.76 Å². The van der Waals surface area contributed by atoms with Gasteiger partial charge in [0.05, 0.1) is 12.7 Å². The zero-order valence-corrected chi connectivity index (χ0v) is 17.2. The topological polar surface area (TPSA) is 61.8 Å². The van der Waals surface area contributed by atoms with Gasteiger partial charge in [-0.05, 0) is 42.5 Å². The molecule has 1 aliphatic rings. The number of fused-ring (bicyclic) bond motifs is 1. The van der Waals surface area contributed by atoms with Gasteiger partial charge >= 0.3 is 5.97 Å². The van der Waals surface area contributed by atoms with Crippen molar-refractivity contribution in [3.8, 4) is 17.2 Å². The van der Waals surface area contributed by atoms with E-state index in [0.717, 1.165) is 0 Å². The lowest BCUT2D eigenvalue weighted by atomic mass is 10.1. The van der Waals surface area contributed by atoms with Crippen LogP contribution in [0.2, 0.25) is 10.0 Å². The molecule has 3 aromatic carbocycles. The van der Waals surface area contributed by atoms with Gasteiger partial charge in [0.1, 0.15) is 22.8 Å². The number of hydrogen-bond acceptors (Lipinski definition) is 5. The largest absolute Gasteiger partial charge is 0.496 e. The average molecular weight is 441 g/mol. The molecule has 0 aliphatic carbocycles. The molecule has 150 valence electrons. The Kier molecular flexibility index (Phi) is 5.48. The van der Waals surface area contributed by atoms with Gasteiger partial charge in [-0.25, -0.2) is 4.79 Å². The maximum atomic E-state index is 12.7. The first kappa shape index (κ1) is 20.0. The van der Waals surface area contributed by atoms with E-state index in [2.05, 4.69) is 0 Å². The van der Waals surface area contributed by atoms with E-state index >= 15 is 0 Å². The van der Waals surface area contributed by atoms with Crippen LogP contribution in [0, 0.1) is 0 Å². The number of Topliss-reactive ketones (excluding diaryl/α,β-unsaturated/α-hetero) is 1. The van der Waals surface area contributed by atoms with Crippen molar-refractivity contribution in [2.45, 2.75) is 0 Å². The molecule has 0 saturated carbocycles. The number of ether oxygens (including phenoxy) is 3.